The van der Waals surface area contributed by atoms with Crippen molar-refractivity contribution in [3.8, 4) is 0 Å². The smallest absolute Gasteiger partial charge is 0.0554 e. The molecule has 0 N–H and O–H groups in total. The number of fused-ring (bicyclic) bond motifs is 10. The van der Waals surface area contributed by atoms with Gasteiger partial charge in [0, 0.05) is 36.6 Å². The van der Waals surface area contributed by atoms with E-state index in [2.05, 4.69) is 157 Å². The van der Waals surface area contributed by atoms with Crippen molar-refractivity contribution in [3.05, 3.63) is 152 Å². The Morgan fingerprint density at radius 1 is 0.357 bits per heavy atom. The molecular formula is C40H25NS. The lowest BCUT2D eigenvalue weighted by atomic mass is 9.95. The standard InChI is InChI=1S/C40H25NS/c1-2-12-29(13-3-1)41(36-18-8-11-27-23-25-34-32-15-6-7-19-37(32)42-40(34)39(27)36)35-17-9-16-33-31(35)24-22-28-21-20-26-10-4-5-14-30(26)38(28)33/h1-25H. The van der Waals surface area contributed by atoms with Gasteiger partial charge in [-0.3, -0.25) is 0 Å². The highest BCUT2D eigenvalue weighted by atomic mass is 32.1. The molecule has 2 heteroatoms. The first-order chi connectivity index (χ1) is 20.8. The van der Waals surface area contributed by atoms with Gasteiger partial charge >= 0.3 is 0 Å². The third-order valence-electron chi connectivity index (χ3n) is 8.60. The van der Waals surface area contributed by atoms with E-state index in [-0.39, 0.29) is 0 Å². The van der Waals surface area contributed by atoms with Crippen LogP contribution in [0.3, 0.4) is 0 Å². The fourth-order valence-corrected chi connectivity index (χ4v) is 8.01. The second-order valence-corrected chi connectivity index (χ2v) is 12.0. The highest BCUT2D eigenvalue weighted by Gasteiger charge is 2.20. The quantitative estimate of drug-likeness (QED) is 0.197. The zero-order valence-electron chi connectivity index (χ0n) is 22.8. The Bertz CT molecular complexity index is 2470. The summed E-state index contributed by atoms with van der Waals surface area (Å²) in [7, 11) is 0. The van der Waals surface area contributed by atoms with Gasteiger partial charge in [-0.2, -0.15) is 0 Å². The maximum absolute atomic E-state index is 2.46. The molecule has 9 rings (SSSR count). The van der Waals surface area contributed by atoms with Gasteiger partial charge in [-0.05, 0) is 62.6 Å². The molecule has 0 bridgehead atoms. The van der Waals surface area contributed by atoms with Crippen LogP contribution in [0.2, 0.25) is 0 Å². The summed E-state index contributed by atoms with van der Waals surface area (Å²) in [6.45, 7) is 0. The van der Waals surface area contributed by atoms with Gasteiger partial charge in [0.05, 0.1) is 11.4 Å². The number of benzene rings is 8. The molecule has 8 aromatic carbocycles. The minimum Gasteiger partial charge on any atom is -0.309 e. The molecule has 0 spiro atoms. The summed E-state index contributed by atoms with van der Waals surface area (Å²) in [5.74, 6) is 0. The predicted molar refractivity (Wildman–Crippen MR) is 184 cm³/mol. The molecular weight excluding hydrogens is 527 g/mol. The molecule has 0 saturated carbocycles. The lowest BCUT2D eigenvalue weighted by Crippen LogP contribution is -2.11. The molecule has 0 saturated heterocycles. The van der Waals surface area contributed by atoms with Crippen molar-refractivity contribution in [2.45, 2.75) is 0 Å². The van der Waals surface area contributed by atoms with E-state index < -0.39 is 0 Å². The molecule has 0 unspecified atom stereocenters. The first-order valence-electron chi connectivity index (χ1n) is 14.4. The molecule has 0 fully saturated rings. The Labute approximate surface area is 247 Å². The van der Waals surface area contributed by atoms with Gasteiger partial charge in [0.2, 0.25) is 0 Å². The minimum absolute atomic E-state index is 1.15. The number of hydrogen-bond acceptors (Lipinski definition) is 2. The third kappa shape index (κ3) is 3.43. The van der Waals surface area contributed by atoms with E-state index in [4.69, 9.17) is 0 Å². The summed E-state index contributed by atoms with van der Waals surface area (Å²) in [5.41, 5.74) is 3.52. The fourth-order valence-electron chi connectivity index (χ4n) is 6.75. The molecule has 0 atom stereocenters. The first kappa shape index (κ1) is 23.5. The number of thiophene rings is 1. The summed E-state index contributed by atoms with van der Waals surface area (Å²) in [5, 5.41) is 12.8. The van der Waals surface area contributed by atoms with Crippen molar-refractivity contribution in [1.82, 2.24) is 0 Å². The number of para-hydroxylation sites is 1. The normalized spacial score (nSPS) is 11.8. The number of anilines is 3. The Kier molecular flexibility index (Phi) is 5.13. The van der Waals surface area contributed by atoms with E-state index in [9.17, 15) is 0 Å². The van der Waals surface area contributed by atoms with Crippen LogP contribution in [0.15, 0.2) is 152 Å². The highest BCUT2D eigenvalue weighted by molar-refractivity contribution is 7.26. The topological polar surface area (TPSA) is 3.24 Å². The molecule has 0 aliphatic carbocycles. The van der Waals surface area contributed by atoms with E-state index in [1.807, 2.05) is 11.3 Å². The van der Waals surface area contributed by atoms with E-state index in [1.54, 1.807) is 0 Å². The molecule has 0 aliphatic heterocycles. The van der Waals surface area contributed by atoms with Gasteiger partial charge in [0.1, 0.15) is 0 Å². The largest absolute Gasteiger partial charge is 0.309 e. The molecule has 1 nitrogen and oxygen atoms in total. The Balaban J connectivity index is 1.41. The first-order valence-corrected chi connectivity index (χ1v) is 15.2. The third-order valence-corrected chi connectivity index (χ3v) is 9.81. The minimum atomic E-state index is 1.15. The van der Waals surface area contributed by atoms with Crippen molar-refractivity contribution in [2.75, 3.05) is 4.90 Å². The number of hydrogen-bond donors (Lipinski definition) is 0. The van der Waals surface area contributed by atoms with E-state index >= 15 is 0 Å². The average molecular weight is 552 g/mol. The Morgan fingerprint density at radius 2 is 0.976 bits per heavy atom. The van der Waals surface area contributed by atoms with Crippen LogP contribution in [0.4, 0.5) is 17.1 Å². The van der Waals surface area contributed by atoms with Crippen LogP contribution in [-0.2, 0) is 0 Å². The van der Waals surface area contributed by atoms with Crippen LogP contribution in [0, 0.1) is 0 Å². The monoisotopic (exact) mass is 551 g/mol. The molecule has 9 aromatic rings. The maximum Gasteiger partial charge on any atom is 0.0554 e. The predicted octanol–water partition coefficient (Wildman–Crippen LogP) is 12.1. The Hall–Kier alpha value is -5.18. The van der Waals surface area contributed by atoms with Crippen molar-refractivity contribution in [2.24, 2.45) is 0 Å². The zero-order chi connectivity index (χ0) is 27.6. The van der Waals surface area contributed by atoms with Gasteiger partial charge in [-0.1, -0.05) is 121 Å². The summed E-state index contributed by atoms with van der Waals surface area (Å²) < 4.78 is 2.66. The second-order valence-electron chi connectivity index (χ2n) is 10.9. The SMILES string of the molecule is c1ccc(N(c2cccc3c2ccc2ccc4ccccc4c23)c2cccc3ccc4c5ccccc5sc4c23)cc1. The molecule has 1 aromatic heterocycles. The number of nitrogens with zero attached hydrogens (tertiary/aromatic N) is 1. The van der Waals surface area contributed by atoms with Gasteiger partial charge in [-0.25, -0.2) is 0 Å². The number of rotatable bonds is 3. The fraction of sp³-hybridized carbons (Fsp3) is 0. The van der Waals surface area contributed by atoms with Crippen LogP contribution in [-0.4, -0.2) is 0 Å². The van der Waals surface area contributed by atoms with Crippen LogP contribution in [0.5, 0.6) is 0 Å². The van der Waals surface area contributed by atoms with Crippen LogP contribution in [0.1, 0.15) is 0 Å². The molecule has 0 aliphatic rings. The van der Waals surface area contributed by atoms with E-state index in [0.29, 0.717) is 0 Å². The van der Waals surface area contributed by atoms with Crippen molar-refractivity contribution in [3.63, 3.8) is 0 Å². The lowest BCUT2D eigenvalue weighted by molar-refractivity contribution is 1.32. The summed E-state index contributed by atoms with van der Waals surface area (Å²) >= 11 is 1.89. The molecule has 0 amide bonds. The van der Waals surface area contributed by atoms with Gasteiger partial charge in [0.15, 0.2) is 0 Å². The lowest BCUT2D eigenvalue weighted by Gasteiger charge is -2.28. The second kappa shape index (κ2) is 9.17. The Morgan fingerprint density at radius 3 is 1.88 bits per heavy atom. The van der Waals surface area contributed by atoms with Gasteiger partial charge in [0.25, 0.3) is 0 Å². The molecule has 0 radical (unpaired) electrons. The van der Waals surface area contributed by atoms with Crippen molar-refractivity contribution < 1.29 is 0 Å². The zero-order valence-corrected chi connectivity index (χ0v) is 23.6. The highest BCUT2D eigenvalue weighted by Crippen LogP contribution is 2.47. The van der Waals surface area contributed by atoms with Gasteiger partial charge < -0.3 is 4.90 Å². The summed E-state index contributed by atoms with van der Waals surface area (Å²) in [6, 6.07) is 55.5. The molecule has 42 heavy (non-hydrogen) atoms. The van der Waals surface area contributed by atoms with Crippen LogP contribution >= 0.6 is 11.3 Å². The van der Waals surface area contributed by atoms with Crippen LogP contribution in [0.25, 0.3) is 63.3 Å². The van der Waals surface area contributed by atoms with Crippen LogP contribution < -0.4 is 4.90 Å². The average Bonchev–Trinajstić information content (AvgIpc) is 3.44. The summed E-state index contributed by atoms with van der Waals surface area (Å²) in [6.07, 6.45) is 0. The molecule has 196 valence electrons. The van der Waals surface area contributed by atoms with E-state index in [0.717, 1.165) is 5.69 Å². The maximum atomic E-state index is 2.46. The van der Waals surface area contributed by atoms with Crippen molar-refractivity contribution in [1.29, 1.82) is 0 Å². The van der Waals surface area contributed by atoms with E-state index in [1.165, 1.54) is 74.6 Å². The van der Waals surface area contributed by atoms with Crippen molar-refractivity contribution >= 4 is 91.7 Å². The molecule has 1 heterocycles. The van der Waals surface area contributed by atoms with Gasteiger partial charge in [-0.15, -0.1) is 11.3 Å². The summed E-state index contributed by atoms with van der Waals surface area (Å²) in [4.78, 5) is 2.46.